The maximum Gasteiger partial charge on any atom is 0.210 e. The van der Waals surface area contributed by atoms with Gasteiger partial charge in [-0.1, -0.05) is 9.35 Å². The Hall–Kier alpha value is -1.58. The second-order valence-electron chi connectivity index (χ2n) is 3.85. The van der Waals surface area contributed by atoms with Gasteiger partial charge in [0.05, 0.1) is 0 Å². The van der Waals surface area contributed by atoms with E-state index in [0.717, 1.165) is 0 Å². The molecule has 2 aromatic heterocycles. The summed E-state index contributed by atoms with van der Waals surface area (Å²) in [6, 6.07) is 4.26. The van der Waals surface area contributed by atoms with Gasteiger partial charge in [0.2, 0.25) is 11.4 Å². The van der Waals surface area contributed by atoms with Crippen molar-refractivity contribution >= 4 is 0 Å². The van der Waals surface area contributed by atoms with Crippen LogP contribution in [0.15, 0.2) is 24.8 Å². The Balaban J connectivity index is 0.000000312. The summed E-state index contributed by atoms with van der Waals surface area (Å²) in [5, 5.41) is 7.59. The Morgan fingerprint density at radius 3 is 1.68 bits per heavy atom. The van der Waals surface area contributed by atoms with Crippen molar-refractivity contribution in [3.8, 4) is 0 Å². The van der Waals surface area contributed by atoms with E-state index in [1.54, 1.807) is 12.7 Å². The van der Waals surface area contributed by atoms with E-state index in [9.17, 15) is 0 Å². The fourth-order valence-corrected chi connectivity index (χ4v) is 1.76. The largest absolute Gasteiger partial charge is 0.222 e. The van der Waals surface area contributed by atoms with E-state index in [2.05, 4.69) is 47.8 Å². The molecule has 0 saturated heterocycles. The minimum Gasteiger partial charge on any atom is -0.222 e. The molecule has 9 heteroatoms. The lowest BCUT2D eigenvalue weighted by Gasteiger charge is -2.17. The summed E-state index contributed by atoms with van der Waals surface area (Å²) in [7, 11) is -4.94. The normalized spacial score (nSPS) is 10.9. The van der Waals surface area contributed by atoms with Gasteiger partial charge in [-0.25, -0.2) is 18.6 Å². The molecule has 0 unspecified atom stereocenters. The van der Waals surface area contributed by atoms with Gasteiger partial charge >= 0.3 is 0 Å². The molecule has 0 saturated carbocycles. The van der Waals surface area contributed by atoms with Gasteiger partial charge in [0.15, 0.2) is 12.7 Å². The first-order chi connectivity index (χ1) is 8.68. The van der Waals surface area contributed by atoms with Crippen LogP contribution in [0.3, 0.4) is 0 Å². The summed E-state index contributed by atoms with van der Waals surface area (Å²) >= 11 is 0. The third-order valence-electron chi connectivity index (χ3n) is 2.18. The molecule has 104 valence electrons. The van der Waals surface area contributed by atoms with Crippen LogP contribution in [-0.2, 0) is 0 Å². The Morgan fingerprint density at radius 1 is 0.947 bits per heavy atom. The molecule has 19 heavy (non-hydrogen) atoms. The van der Waals surface area contributed by atoms with Gasteiger partial charge in [-0.05, 0) is 12.5 Å². The van der Waals surface area contributed by atoms with Crippen LogP contribution in [0.2, 0.25) is 0 Å². The first kappa shape index (κ1) is 15.5. The molecule has 0 radical (unpaired) electrons. The highest BCUT2D eigenvalue weighted by Gasteiger charge is 2.13. The number of aromatic nitrogens is 4. The Bertz CT molecular complexity index is 510. The number of nitrogens with zero attached hydrogens (tertiary/aromatic N) is 4. The highest BCUT2D eigenvalue weighted by atomic mass is 35.7. The number of hydrogen-bond acceptors (Lipinski definition) is 6. The summed E-state index contributed by atoms with van der Waals surface area (Å²) < 4.78 is 37.9. The van der Waals surface area contributed by atoms with Crippen LogP contribution in [0.4, 0.5) is 0 Å². The van der Waals surface area contributed by atoms with E-state index < -0.39 is 10.2 Å². The van der Waals surface area contributed by atoms with Crippen LogP contribution in [0.25, 0.3) is 0 Å². The molecule has 0 aromatic carbocycles. The average molecular weight is 289 g/mol. The van der Waals surface area contributed by atoms with Gasteiger partial charge in [-0.15, -0.1) is 20.4 Å². The predicted octanol–water partition coefficient (Wildman–Crippen LogP) is -3.95. The van der Waals surface area contributed by atoms with Gasteiger partial charge in [-0.3, -0.25) is 0 Å². The van der Waals surface area contributed by atoms with Gasteiger partial charge in [0.25, 0.3) is 0 Å². The maximum atomic E-state index is 8.49. The van der Waals surface area contributed by atoms with Gasteiger partial charge in [-0.2, -0.15) is 0 Å². The highest BCUT2D eigenvalue weighted by Crippen LogP contribution is 2.01. The third kappa shape index (κ3) is 5.28. The van der Waals surface area contributed by atoms with E-state index in [4.69, 9.17) is 18.6 Å². The van der Waals surface area contributed by atoms with E-state index in [1.807, 2.05) is 4.68 Å². The number of rotatable bonds is 1. The molecule has 2 rings (SSSR count). The molecule has 0 bridgehead atoms. The Labute approximate surface area is 111 Å². The van der Waals surface area contributed by atoms with Crippen LogP contribution in [0.1, 0.15) is 17.0 Å². The topological polar surface area (TPSA) is 127 Å². The van der Waals surface area contributed by atoms with Crippen LogP contribution < -0.4 is 23.3 Å². The molecule has 0 fully saturated rings. The summed E-state index contributed by atoms with van der Waals surface area (Å²) in [6.07, 6.45) is 3.38. The number of halogens is 1. The Morgan fingerprint density at radius 2 is 1.32 bits per heavy atom. The van der Waals surface area contributed by atoms with Gasteiger partial charge < -0.3 is 0 Å². The van der Waals surface area contributed by atoms with Crippen molar-refractivity contribution in [2.45, 2.75) is 20.8 Å². The van der Waals surface area contributed by atoms with Gasteiger partial charge in [0.1, 0.15) is 0 Å². The van der Waals surface area contributed by atoms with Crippen LogP contribution in [0, 0.1) is 31.0 Å². The predicted molar refractivity (Wildman–Crippen MR) is 51.7 cm³/mol. The molecular formula is C10H13ClN4O4. The summed E-state index contributed by atoms with van der Waals surface area (Å²) in [5.74, 6) is 0. The monoisotopic (exact) mass is 288 g/mol. The lowest BCUT2D eigenvalue weighted by Crippen LogP contribution is -2.68. The second kappa shape index (κ2) is 6.04. The number of pyridine rings is 1. The van der Waals surface area contributed by atoms with E-state index in [1.165, 1.54) is 17.0 Å². The second-order valence-corrected chi connectivity index (χ2v) is 4.60. The van der Waals surface area contributed by atoms with Gasteiger partial charge in [0, 0.05) is 26.0 Å². The highest BCUT2D eigenvalue weighted by molar-refractivity contribution is 5.13. The summed E-state index contributed by atoms with van der Waals surface area (Å²) in [5.41, 5.74) is 3.61. The van der Waals surface area contributed by atoms with E-state index in [0.29, 0.717) is 0 Å². The zero-order valence-electron chi connectivity index (χ0n) is 10.6. The Kier molecular flexibility index (Phi) is 4.92. The van der Waals surface area contributed by atoms with Crippen molar-refractivity contribution in [3.05, 3.63) is 41.7 Å². The lowest BCUT2D eigenvalue weighted by molar-refractivity contribution is -2.00. The van der Waals surface area contributed by atoms with Crippen molar-refractivity contribution < 1.29 is 33.6 Å². The standard InChI is InChI=1S/C10H13N4.ClHO4/c1-8-4-9(2)14(10(3)5-8)13-6-11-12-7-13;2-1(3,4)5/h4-7H,1-3H3;(H,2,3,4,5)/q+1;/p-1. The maximum absolute atomic E-state index is 8.49. The molecule has 0 atom stereocenters. The van der Waals surface area contributed by atoms with Crippen molar-refractivity contribution in [3.63, 3.8) is 0 Å². The third-order valence-corrected chi connectivity index (χ3v) is 2.18. The van der Waals surface area contributed by atoms with Crippen molar-refractivity contribution in [1.82, 2.24) is 14.9 Å². The minimum atomic E-state index is -4.94. The van der Waals surface area contributed by atoms with E-state index >= 15 is 0 Å². The molecule has 0 aliphatic rings. The first-order valence-electron chi connectivity index (χ1n) is 5.15. The van der Waals surface area contributed by atoms with Crippen LogP contribution in [-0.4, -0.2) is 14.9 Å². The fourth-order valence-electron chi connectivity index (χ4n) is 1.76. The zero-order chi connectivity index (χ0) is 14.6. The summed E-state index contributed by atoms with van der Waals surface area (Å²) in [6.45, 7) is 6.23. The quantitative estimate of drug-likeness (QED) is 0.493. The van der Waals surface area contributed by atoms with E-state index in [-0.39, 0.29) is 0 Å². The molecule has 0 aliphatic heterocycles. The van der Waals surface area contributed by atoms with Crippen LogP contribution >= 0.6 is 0 Å². The van der Waals surface area contributed by atoms with Crippen molar-refractivity contribution in [2.24, 2.45) is 0 Å². The first-order valence-corrected chi connectivity index (χ1v) is 6.39. The fraction of sp³-hybridized carbons (Fsp3) is 0.300. The molecule has 0 amide bonds. The minimum absolute atomic E-state index is 1.17. The zero-order valence-corrected chi connectivity index (χ0v) is 11.4. The molecule has 8 nitrogen and oxygen atoms in total. The summed E-state index contributed by atoms with van der Waals surface area (Å²) in [4.78, 5) is 0. The van der Waals surface area contributed by atoms with Crippen molar-refractivity contribution in [2.75, 3.05) is 0 Å². The number of aryl methyl sites for hydroxylation is 3. The molecule has 0 N–H and O–H groups in total. The molecule has 0 spiro atoms. The van der Waals surface area contributed by atoms with Crippen LogP contribution in [0.5, 0.6) is 0 Å². The SMILES string of the molecule is Cc1cc(C)[n+](-n2cnnc2)c(C)c1.[O-][Cl+3]([O-])([O-])[O-]. The molecule has 2 heterocycles. The molecular weight excluding hydrogens is 276 g/mol. The molecule has 2 aromatic rings. The molecule has 0 aliphatic carbocycles. The lowest BCUT2D eigenvalue weighted by atomic mass is 10.2. The van der Waals surface area contributed by atoms with Crippen molar-refractivity contribution in [1.29, 1.82) is 0 Å². The smallest absolute Gasteiger partial charge is 0.210 e. The average Bonchev–Trinajstić information content (AvgIpc) is 2.66. The number of hydrogen-bond donors (Lipinski definition) is 0.